The number of aromatic nitrogens is 3. The van der Waals surface area contributed by atoms with E-state index in [0.29, 0.717) is 12.8 Å². The predicted octanol–water partition coefficient (Wildman–Crippen LogP) is 3.02. The van der Waals surface area contributed by atoms with E-state index in [0.717, 1.165) is 5.56 Å². The molecule has 3 aromatic rings. The molecule has 3 rings (SSSR count). The van der Waals surface area contributed by atoms with E-state index in [-0.39, 0.29) is 22.3 Å². The number of aryl methyl sites for hydroxylation is 1. The lowest BCUT2D eigenvalue weighted by Crippen LogP contribution is -2.09. The zero-order valence-electron chi connectivity index (χ0n) is 12.8. The number of H-pyrrole nitrogens is 1. The van der Waals surface area contributed by atoms with Gasteiger partial charge in [0.1, 0.15) is 5.82 Å². The first-order valence-corrected chi connectivity index (χ1v) is 9.15. The van der Waals surface area contributed by atoms with Gasteiger partial charge in [0.15, 0.2) is 5.82 Å². The lowest BCUT2D eigenvalue weighted by molar-refractivity contribution is 0.585. The lowest BCUT2D eigenvalue weighted by atomic mass is 10.1. The minimum Gasteiger partial charge on any atom is -0.249 e. The van der Waals surface area contributed by atoms with Crippen molar-refractivity contribution in [3.8, 4) is 11.4 Å². The molecule has 0 aliphatic rings. The highest BCUT2D eigenvalue weighted by atomic mass is 32.2. The topological polar surface area (TPSA) is 75.7 Å². The molecule has 24 heavy (non-hydrogen) atoms. The van der Waals surface area contributed by atoms with Crippen LogP contribution in [0.25, 0.3) is 11.4 Å². The van der Waals surface area contributed by atoms with Gasteiger partial charge < -0.3 is 0 Å². The van der Waals surface area contributed by atoms with Crippen molar-refractivity contribution in [3.05, 3.63) is 66.0 Å². The highest BCUT2D eigenvalue weighted by molar-refractivity contribution is 7.91. The Morgan fingerprint density at radius 3 is 2.46 bits per heavy atom. The molecule has 0 fully saturated rings. The summed E-state index contributed by atoms with van der Waals surface area (Å²) >= 11 is 0. The molecule has 0 bridgehead atoms. The first-order chi connectivity index (χ1) is 11.6. The molecular weight excluding hydrogens is 329 g/mol. The highest BCUT2D eigenvalue weighted by Gasteiger charge is 2.20. The van der Waals surface area contributed by atoms with Crippen molar-refractivity contribution < 1.29 is 12.8 Å². The van der Waals surface area contributed by atoms with Crippen molar-refractivity contribution in [1.82, 2.24) is 15.2 Å². The van der Waals surface area contributed by atoms with E-state index in [1.54, 1.807) is 12.1 Å². The molecule has 0 saturated heterocycles. The third-order valence-corrected chi connectivity index (χ3v) is 5.19. The van der Waals surface area contributed by atoms with E-state index in [1.165, 1.54) is 12.1 Å². The molecule has 0 saturated carbocycles. The molecule has 1 N–H and O–H groups in total. The number of sulfone groups is 1. The molecule has 5 nitrogen and oxygen atoms in total. The number of aromatic amines is 1. The van der Waals surface area contributed by atoms with Gasteiger partial charge in [-0.2, -0.15) is 10.1 Å². The maximum atomic E-state index is 13.7. The molecule has 1 aromatic heterocycles. The number of benzene rings is 2. The largest absolute Gasteiger partial charge is 0.249 e. The summed E-state index contributed by atoms with van der Waals surface area (Å²) in [6.45, 7) is 0. The van der Waals surface area contributed by atoms with Crippen LogP contribution in [-0.2, 0) is 16.3 Å². The highest BCUT2D eigenvalue weighted by Crippen LogP contribution is 2.20. The SMILES string of the molecule is O=S(=O)(CCCc1ccccc1)c1nc(-c2ccccc2F)n[nH]1. The predicted molar refractivity (Wildman–Crippen MR) is 88.6 cm³/mol. The minimum atomic E-state index is -3.58. The second-order valence-electron chi connectivity index (χ2n) is 5.35. The van der Waals surface area contributed by atoms with Gasteiger partial charge in [-0.05, 0) is 30.5 Å². The van der Waals surface area contributed by atoms with E-state index in [9.17, 15) is 12.8 Å². The molecule has 0 spiro atoms. The Morgan fingerprint density at radius 1 is 1.00 bits per heavy atom. The number of nitrogens with one attached hydrogen (secondary N) is 1. The fraction of sp³-hybridized carbons (Fsp3) is 0.176. The number of nitrogens with zero attached hydrogens (tertiary/aromatic N) is 2. The van der Waals surface area contributed by atoms with Gasteiger partial charge in [0.05, 0.1) is 11.3 Å². The standard InChI is InChI=1S/C17H16FN3O2S/c18-15-11-5-4-10-14(15)16-19-17(21-20-16)24(22,23)12-6-9-13-7-2-1-3-8-13/h1-5,7-8,10-11H,6,9,12H2,(H,19,20,21). The van der Waals surface area contributed by atoms with Crippen LogP contribution in [0, 0.1) is 5.82 Å². The molecule has 0 aliphatic carbocycles. The average Bonchev–Trinajstić information content (AvgIpc) is 3.07. The molecule has 2 aromatic carbocycles. The van der Waals surface area contributed by atoms with Crippen LogP contribution in [0.4, 0.5) is 4.39 Å². The number of rotatable bonds is 6. The monoisotopic (exact) mass is 345 g/mol. The average molecular weight is 345 g/mol. The van der Waals surface area contributed by atoms with E-state index in [1.807, 2.05) is 30.3 Å². The summed E-state index contributed by atoms with van der Waals surface area (Å²) in [5.41, 5.74) is 1.25. The Bertz CT molecular complexity index is 924. The van der Waals surface area contributed by atoms with Gasteiger partial charge in [-0.15, -0.1) is 0 Å². The summed E-state index contributed by atoms with van der Waals surface area (Å²) in [7, 11) is -3.58. The minimum absolute atomic E-state index is 0.0368. The Hall–Kier alpha value is -2.54. The van der Waals surface area contributed by atoms with E-state index < -0.39 is 15.7 Å². The zero-order valence-corrected chi connectivity index (χ0v) is 13.6. The molecular formula is C17H16FN3O2S. The molecule has 124 valence electrons. The maximum Gasteiger partial charge on any atom is 0.243 e. The van der Waals surface area contributed by atoms with Crippen molar-refractivity contribution >= 4 is 9.84 Å². The van der Waals surface area contributed by atoms with Gasteiger partial charge in [-0.1, -0.05) is 42.5 Å². The summed E-state index contributed by atoms with van der Waals surface area (Å²) in [4.78, 5) is 3.94. The van der Waals surface area contributed by atoms with Crippen LogP contribution in [0.1, 0.15) is 12.0 Å². The smallest absolute Gasteiger partial charge is 0.243 e. The summed E-state index contributed by atoms with van der Waals surface area (Å²) in [5.74, 6) is -0.507. The van der Waals surface area contributed by atoms with Crippen LogP contribution in [0.5, 0.6) is 0 Å². The van der Waals surface area contributed by atoms with Gasteiger partial charge in [-0.25, -0.2) is 17.9 Å². The van der Waals surface area contributed by atoms with E-state index in [4.69, 9.17) is 0 Å². The van der Waals surface area contributed by atoms with Crippen LogP contribution in [0.15, 0.2) is 59.8 Å². The van der Waals surface area contributed by atoms with Crippen molar-refractivity contribution in [3.63, 3.8) is 0 Å². The molecule has 0 amide bonds. The molecule has 1 heterocycles. The number of halogens is 1. The van der Waals surface area contributed by atoms with E-state index >= 15 is 0 Å². The third-order valence-electron chi connectivity index (χ3n) is 3.60. The van der Waals surface area contributed by atoms with Crippen molar-refractivity contribution in [2.45, 2.75) is 18.0 Å². The summed E-state index contributed by atoms with van der Waals surface area (Å²) < 4.78 is 38.4. The van der Waals surface area contributed by atoms with Gasteiger partial charge in [0, 0.05) is 0 Å². The Morgan fingerprint density at radius 2 is 1.71 bits per heavy atom. The third kappa shape index (κ3) is 3.68. The second-order valence-corrected chi connectivity index (χ2v) is 7.38. The first kappa shape index (κ1) is 16.3. The normalized spacial score (nSPS) is 11.5. The first-order valence-electron chi connectivity index (χ1n) is 7.50. The Balaban J connectivity index is 1.70. The van der Waals surface area contributed by atoms with Crippen molar-refractivity contribution in [2.24, 2.45) is 0 Å². The fourth-order valence-electron chi connectivity index (χ4n) is 2.36. The quantitative estimate of drug-likeness (QED) is 0.745. The van der Waals surface area contributed by atoms with Crippen LogP contribution in [0.3, 0.4) is 0 Å². The lowest BCUT2D eigenvalue weighted by Gasteiger charge is -2.01. The zero-order chi connectivity index (χ0) is 17.0. The van der Waals surface area contributed by atoms with Crippen LogP contribution >= 0.6 is 0 Å². The van der Waals surface area contributed by atoms with Crippen molar-refractivity contribution in [2.75, 3.05) is 5.75 Å². The molecule has 7 heteroatoms. The molecule has 0 radical (unpaired) electrons. The summed E-state index contributed by atoms with van der Waals surface area (Å²) in [5, 5.41) is 6.00. The van der Waals surface area contributed by atoms with Gasteiger partial charge in [-0.3, -0.25) is 0 Å². The van der Waals surface area contributed by atoms with Gasteiger partial charge in [0.25, 0.3) is 0 Å². The van der Waals surface area contributed by atoms with Gasteiger partial charge >= 0.3 is 0 Å². The molecule has 0 aliphatic heterocycles. The van der Waals surface area contributed by atoms with Crippen LogP contribution < -0.4 is 0 Å². The Labute approximate surface area is 139 Å². The van der Waals surface area contributed by atoms with Crippen molar-refractivity contribution in [1.29, 1.82) is 0 Å². The molecule has 0 atom stereocenters. The van der Waals surface area contributed by atoms with Gasteiger partial charge in [0.2, 0.25) is 15.0 Å². The van der Waals surface area contributed by atoms with Crippen LogP contribution in [-0.4, -0.2) is 29.4 Å². The Kier molecular flexibility index (Phi) is 4.71. The second kappa shape index (κ2) is 6.92. The van der Waals surface area contributed by atoms with E-state index in [2.05, 4.69) is 15.2 Å². The maximum absolute atomic E-state index is 13.7. The number of hydrogen-bond acceptors (Lipinski definition) is 4. The van der Waals surface area contributed by atoms with Crippen LogP contribution in [0.2, 0.25) is 0 Å². The molecule has 0 unspecified atom stereocenters. The summed E-state index contributed by atoms with van der Waals surface area (Å²) in [6.07, 6.45) is 1.14. The summed E-state index contributed by atoms with van der Waals surface area (Å²) in [6, 6.07) is 15.6. The fourth-order valence-corrected chi connectivity index (χ4v) is 3.48. The number of hydrogen-bond donors (Lipinski definition) is 1.